The number of rotatable bonds is 1. The first-order valence-corrected chi connectivity index (χ1v) is 5.07. The van der Waals surface area contributed by atoms with Crippen LogP contribution < -0.4 is 0 Å². The maximum Gasteiger partial charge on any atom is 0.420 e. The van der Waals surface area contributed by atoms with Crippen LogP contribution >= 0.6 is 11.6 Å². The third kappa shape index (κ3) is 2.35. The van der Waals surface area contributed by atoms with Crippen LogP contribution in [0.5, 0.6) is 0 Å². The van der Waals surface area contributed by atoms with E-state index in [1.807, 2.05) is 0 Å². The van der Waals surface area contributed by atoms with E-state index in [2.05, 4.69) is 4.98 Å². The first kappa shape index (κ1) is 12.1. The Kier molecular flexibility index (Phi) is 2.97. The Labute approximate surface area is 99.7 Å². The molecular weight excluding hydrogens is 255 g/mol. The summed E-state index contributed by atoms with van der Waals surface area (Å²) in [4.78, 5) is 3.56. The highest BCUT2D eigenvalue weighted by Crippen LogP contribution is 2.34. The van der Waals surface area contributed by atoms with Gasteiger partial charge in [-0.1, -0.05) is 35.9 Å². The van der Waals surface area contributed by atoms with Crippen molar-refractivity contribution >= 4 is 22.4 Å². The predicted octanol–water partition coefficient (Wildman–Crippen LogP) is 3.48. The van der Waals surface area contributed by atoms with Crippen molar-refractivity contribution in [2.24, 2.45) is 0 Å². The van der Waals surface area contributed by atoms with Crippen LogP contribution in [0.15, 0.2) is 30.3 Å². The largest absolute Gasteiger partial charge is 0.420 e. The molecule has 0 amide bonds. The van der Waals surface area contributed by atoms with E-state index >= 15 is 0 Å². The fourth-order valence-electron chi connectivity index (χ4n) is 1.48. The maximum atomic E-state index is 12.3. The van der Waals surface area contributed by atoms with Crippen LogP contribution in [0, 0.1) is 0 Å². The second kappa shape index (κ2) is 4.16. The van der Waals surface area contributed by atoms with Gasteiger partial charge in [0.05, 0.1) is 5.69 Å². The van der Waals surface area contributed by atoms with Gasteiger partial charge in [-0.05, 0) is 11.5 Å². The molecule has 0 saturated carbocycles. The minimum absolute atomic E-state index is 0.0543. The van der Waals surface area contributed by atoms with Gasteiger partial charge in [-0.25, -0.2) is 4.98 Å². The smallest absolute Gasteiger partial charge is 0.378 e. The van der Waals surface area contributed by atoms with Crippen LogP contribution in [-0.2, 0) is 0 Å². The average Bonchev–Trinajstić information content (AvgIpc) is 2.27. The van der Waals surface area contributed by atoms with Gasteiger partial charge in [0.1, 0.15) is 5.15 Å². The molecule has 1 aromatic heterocycles. The van der Waals surface area contributed by atoms with Crippen LogP contribution in [0.3, 0.4) is 0 Å². The van der Waals surface area contributed by atoms with E-state index in [9.17, 15) is 13.2 Å². The SMILES string of the molecule is O[C@@H](c1cc2ccccc2c(Cl)n1)C(F)(F)F. The molecule has 2 rings (SSSR count). The van der Waals surface area contributed by atoms with Crippen LogP contribution in [0.4, 0.5) is 13.2 Å². The number of pyridine rings is 1. The summed E-state index contributed by atoms with van der Waals surface area (Å²) in [6.45, 7) is 0. The van der Waals surface area contributed by atoms with Gasteiger partial charge in [-0.2, -0.15) is 13.2 Å². The lowest BCUT2D eigenvalue weighted by Gasteiger charge is -2.14. The molecule has 1 atom stereocenters. The molecule has 0 aliphatic rings. The molecule has 1 N–H and O–H groups in total. The van der Waals surface area contributed by atoms with Gasteiger partial charge in [-0.15, -0.1) is 0 Å². The number of halogens is 4. The Morgan fingerprint density at radius 3 is 2.53 bits per heavy atom. The third-order valence-corrected chi connectivity index (χ3v) is 2.59. The lowest BCUT2D eigenvalue weighted by atomic mass is 10.1. The number of alkyl halides is 3. The maximum absolute atomic E-state index is 12.3. The quantitative estimate of drug-likeness (QED) is 0.797. The summed E-state index contributed by atoms with van der Waals surface area (Å²) < 4.78 is 37.0. The molecule has 90 valence electrons. The summed E-state index contributed by atoms with van der Waals surface area (Å²) in [6, 6.07) is 7.81. The zero-order chi connectivity index (χ0) is 12.6. The summed E-state index contributed by atoms with van der Waals surface area (Å²) in [5, 5.41) is 10.1. The van der Waals surface area contributed by atoms with Gasteiger partial charge in [0, 0.05) is 5.39 Å². The number of aromatic nitrogens is 1. The van der Waals surface area contributed by atoms with Gasteiger partial charge in [0.15, 0.2) is 6.10 Å². The van der Waals surface area contributed by atoms with Gasteiger partial charge in [0.2, 0.25) is 0 Å². The standard InChI is InChI=1S/C11H7ClF3NO/c12-10-7-4-2-1-3-6(7)5-8(16-10)9(17)11(13,14)15/h1-5,9,17H/t9-/m0/s1. The highest BCUT2D eigenvalue weighted by molar-refractivity contribution is 6.34. The molecule has 0 saturated heterocycles. The molecule has 2 nitrogen and oxygen atoms in total. The lowest BCUT2D eigenvalue weighted by Crippen LogP contribution is -2.21. The van der Waals surface area contributed by atoms with E-state index in [0.717, 1.165) is 0 Å². The molecule has 0 spiro atoms. The molecule has 0 bridgehead atoms. The monoisotopic (exact) mass is 261 g/mol. The number of aliphatic hydroxyl groups excluding tert-OH is 1. The molecule has 0 aliphatic carbocycles. The van der Waals surface area contributed by atoms with Crippen molar-refractivity contribution < 1.29 is 18.3 Å². The van der Waals surface area contributed by atoms with Crippen molar-refractivity contribution in [2.45, 2.75) is 12.3 Å². The van der Waals surface area contributed by atoms with Crippen molar-refractivity contribution in [1.82, 2.24) is 4.98 Å². The van der Waals surface area contributed by atoms with Crippen LogP contribution in [0.1, 0.15) is 11.8 Å². The number of fused-ring (bicyclic) bond motifs is 1. The first-order chi connectivity index (χ1) is 7.89. The molecule has 0 fully saturated rings. The molecule has 1 heterocycles. The van der Waals surface area contributed by atoms with E-state index in [1.54, 1.807) is 24.3 Å². The zero-order valence-electron chi connectivity index (χ0n) is 8.37. The Balaban J connectivity index is 2.58. The fraction of sp³-hybridized carbons (Fsp3) is 0.182. The summed E-state index contributed by atoms with van der Waals surface area (Å²) >= 11 is 5.77. The van der Waals surface area contributed by atoms with E-state index in [0.29, 0.717) is 10.8 Å². The third-order valence-electron chi connectivity index (χ3n) is 2.30. The fourth-order valence-corrected chi connectivity index (χ4v) is 1.75. The highest BCUT2D eigenvalue weighted by atomic mass is 35.5. The van der Waals surface area contributed by atoms with Crippen LogP contribution in [-0.4, -0.2) is 16.3 Å². The molecule has 6 heteroatoms. The number of hydrogen-bond acceptors (Lipinski definition) is 2. The number of nitrogens with zero attached hydrogens (tertiary/aromatic N) is 1. The predicted molar refractivity (Wildman–Crippen MR) is 57.8 cm³/mol. The molecule has 0 radical (unpaired) electrons. The number of aliphatic hydroxyl groups is 1. The Morgan fingerprint density at radius 2 is 1.88 bits per heavy atom. The van der Waals surface area contributed by atoms with E-state index in [1.165, 1.54) is 6.07 Å². The van der Waals surface area contributed by atoms with Crippen molar-refractivity contribution in [2.75, 3.05) is 0 Å². The first-order valence-electron chi connectivity index (χ1n) is 4.69. The van der Waals surface area contributed by atoms with Crippen LogP contribution in [0.2, 0.25) is 5.15 Å². The van der Waals surface area contributed by atoms with Crippen molar-refractivity contribution in [3.8, 4) is 0 Å². The number of hydrogen-bond donors (Lipinski definition) is 1. The zero-order valence-corrected chi connectivity index (χ0v) is 9.13. The van der Waals surface area contributed by atoms with E-state index in [4.69, 9.17) is 16.7 Å². The van der Waals surface area contributed by atoms with Crippen molar-refractivity contribution in [3.05, 3.63) is 41.2 Å². The van der Waals surface area contributed by atoms with E-state index < -0.39 is 18.0 Å². The van der Waals surface area contributed by atoms with Crippen molar-refractivity contribution in [1.29, 1.82) is 0 Å². The second-order valence-corrected chi connectivity index (χ2v) is 3.86. The Hall–Kier alpha value is -1.33. The van der Waals surface area contributed by atoms with Crippen molar-refractivity contribution in [3.63, 3.8) is 0 Å². The normalized spacial score (nSPS) is 13.9. The van der Waals surface area contributed by atoms with Gasteiger partial charge < -0.3 is 5.11 Å². The molecular formula is C11H7ClF3NO. The van der Waals surface area contributed by atoms with E-state index in [-0.39, 0.29) is 5.15 Å². The Morgan fingerprint density at radius 1 is 1.24 bits per heavy atom. The molecule has 0 unspecified atom stereocenters. The summed E-state index contributed by atoms with van der Waals surface area (Å²) in [5.41, 5.74) is -0.499. The minimum Gasteiger partial charge on any atom is -0.378 e. The van der Waals surface area contributed by atoms with Gasteiger partial charge in [0.25, 0.3) is 0 Å². The average molecular weight is 262 g/mol. The Bertz CT molecular complexity index is 556. The highest BCUT2D eigenvalue weighted by Gasteiger charge is 2.40. The minimum atomic E-state index is -4.75. The number of benzene rings is 1. The topological polar surface area (TPSA) is 33.1 Å². The van der Waals surface area contributed by atoms with Gasteiger partial charge >= 0.3 is 6.18 Å². The lowest BCUT2D eigenvalue weighted by molar-refractivity contribution is -0.207. The molecule has 1 aromatic carbocycles. The second-order valence-electron chi connectivity index (χ2n) is 3.50. The molecule has 17 heavy (non-hydrogen) atoms. The summed E-state index contributed by atoms with van der Waals surface area (Å²) in [5.74, 6) is 0. The summed E-state index contributed by atoms with van der Waals surface area (Å²) in [7, 11) is 0. The van der Waals surface area contributed by atoms with Gasteiger partial charge in [-0.3, -0.25) is 0 Å². The molecule has 2 aromatic rings. The van der Waals surface area contributed by atoms with Crippen LogP contribution in [0.25, 0.3) is 10.8 Å². The summed E-state index contributed by atoms with van der Waals surface area (Å²) in [6.07, 6.45) is -7.37. The molecule has 0 aliphatic heterocycles.